The molecule has 0 aromatic heterocycles. The van der Waals surface area contributed by atoms with E-state index in [2.05, 4.69) is 10.6 Å². The molecule has 0 heterocycles. The van der Waals surface area contributed by atoms with Crippen LogP contribution < -0.4 is 15.4 Å². The van der Waals surface area contributed by atoms with Crippen LogP contribution in [0.2, 0.25) is 10.0 Å². The topological polar surface area (TPSA) is 91.2 Å². The van der Waals surface area contributed by atoms with Gasteiger partial charge in [0, 0.05) is 5.69 Å². The van der Waals surface area contributed by atoms with Gasteiger partial charge in [0.1, 0.15) is 17.3 Å². The van der Waals surface area contributed by atoms with Gasteiger partial charge in [0.15, 0.2) is 0 Å². The highest BCUT2D eigenvalue weighted by molar-refractivity contribution is 6.34. The van der Waals surface area contributed by atoms with Crippen LogP contribution in [0, 0.1) is 17.1 Å². The summed E-state index contributed by atoms with van der Waals surface area (Å²) < 4.78 is 18.7. The first-order valence-electron chi connectivity index (χ1n) is 8.40. The van der Waals surface area contributed by atoms with Crippen LogP contribution in [0.5, 0.6) is 11.5 Å². The molecule has 2 N–H and O–H groups in total. The van der Waals surface area contributed by atoms with E-state index in [0.29, 0.717) is 22.7 Å². The van der Waals surface area contributed by atoms with Gasteiger partial charge in [-0.05, 0) is 60.7 Å². The Morgan fingerprint density at radius 3 is 2.33 bits per heavy atom. The average molecular weight is 444 g/mol. The summed E-state index contributed by atoms with van der Waals surface area (Å²) in [5, 5.41) is 13.6. The van der Waals surface area contributed by atoms with E-state index in [1.807, 2.05) is 6.07 Å². The molecule has 150 valence electrons. The Hall–Kier alpha value is -3.60. The van der Waals surface area contributed by atoms with Crippen LogP contribution in [0.4, 0.5) is 14.9 Å². The summed E-state index contributed by atoms with van der Waals surface area (Å²) in [4.78, 5) is 24.1. The summed E-state index contributed by atoms with van der Waals surface area (Å²) in [5.74, 6) is -0.545. The molecule has 3 aromatic rings. The molecule has 0 aliphatic rings. The molecule has 0 spiro atoms. The summed E-state index contributed by atoms with van der Waals surface area (Å²) in [6, 6.07) is 15.3. The number of imide groups is 1. The van der Waals surface area contributed by atoms with Gasteiger partial charge in [0.2, 0.25) is 0 Å². The number of carbonyl (C=O) groups excluding carboxylic acids is 2. The van der Waals surface area contributed by atoms with Crippen LogP contribution in [0.1, 0.15) is 15.9 Å². The zero-order valence-electron chi connectivity index (χ0n) is 15.1. The monoisotopic (exact) mass is 443 g/mol. The maximum atomic E-state index is 13.1. The molecule has 0 unspecified atom stereocenters. The molecule has 0 bridgehead atoms. The molecule has 3 amide bonds. The van der Waals surface area contributed by atoms with Gasteiger partial charge in [-0.25, -0.2) is 9.18 Å². The van der Waals surface area contributed by atoms with Crippen molar-refractivity contribution in [3.05, 3.63) is 87.7 Å². The van der Waals surface area contributed by atoms with Crippen molar-refractivity contribution in [2.24, 2.45) is 0 Å². The smallest absolute Gasteiger partial charge is 0.326 e. The molecule has 0 atom stereocenters. The number of anilines is 1. The normalized spacial score (nSPS) is 10.1. The Kier molecular flexibility index (Phi) is 6.52. The first kappa shape index (κ1) is 21.1. The molecule has 0 aliphatic carbocycles. The highest BCUT2D eigenvalue weighted by atomic mass is 35.5. The van der Waals surface area contributed by atoms with Crippen molar-refractivity contribution in [3.63, 3.8) is 0 Å². The molecule has 9 heteroatoms. The fourth-order valence-electron chi connectivity index (χ4n) is 2.39. The van der Waals surface area contributed by atoms with E-state index in [9.17, 15) is 14.0 Å². The van der Waals surface area contributed by atoms with Crippen molar-refractivity contribution < 1.29 is 18.7 Å². The molecule has 0 aliphatic heterocycles. The lowest BCUT2D eigenvalue weighted by atomic mass is 10.2. The minimum absolute atomic E-state index is 0.0312. The Morgan fingerprint density at radius 1 is 0.967 bits per heavy atom. The number of amides is 3. The molecule has 0 radical (unpaired) electrons. The van der Waals surface area contributed by atoms with Gasteiger partial charge < -0.3 is 10.1 Å². The van der Waals surface area contributed by atoms with Crippen molar-refractivity contribution in [3.8, 4) is 17.6 Å². The average Bonchev–Trinajstić information content (AvgIpc) is 2.70. The zero-order chi connectivity index (χ0) is 21.7. The summed E-state index contributed by atoms with van der Waals surface area (Å²) in [5.41, 5.74) is 0.773. The minimum Gasteiger partial charge on any atom is -0.456 e. The second kappa shape index (κ2) is 9.27. The molecule has 6 nitrogen and oxygen atoms in total. The van der Waals surface area contributed by atoms with Crippen LogP contribution in [-0.2, 0) is 0 Å². The number of nitriles is 1. The van der Waals surface area contributed by atoms with E-state index in [1.165, 1.54) is 12.1 Å². The lowest BCUT2D eigenvalue weighted by molar-refractivity contribution is 0.0967. The number of nitrogens with zero attached hydrogens (tertiary/aromatic N) is 1. The first-order chi connectivity index (χ1) is 14.4. The third-order valence-corrected chi connectivity index (χ3v) is 4.41. The minimum atomic E-state index is -0.788. The van der Waals surface area contributed by atoms with Gasteiger partial charge in [-0.3, -0.25) is 10.1 Å². The molecular weight excluding hydrogens is 432 g/mol. The molecular formula is C21H12Cl2FN3O3. The van der Waals surface area contributed by atoms with Crippen LogP contribution >= 0.6 is 23.2 Å². The largest absolute Gasteiger partial charge is 0.456 e. The predicted molar refractivity (Wildman–Crippen MR) is 111 cm³/mol. The van der Waals surface area contributed by atoms with Gasteiger partial charge >= 0.3 is 6.03 Å². The van der Waals surface area contributed by atoms with Crippen molar-refractivity contribution in [2.75, 3.05) is 5.32 Å². The van der Waals surface area contributed by atoms with Crippen LogP contribution in [-0.4, -0.2) is 11.9 Å². The molecule has 30 heavy (non-hydrogen) atoms. The van der Waals surface area contributed by atoms with E-state index in [0.717, 1.165) is 12.1 Å². The first-order valence-corrected chi connectivity index (χ1v) is 9.16. The number of nitrogens with one attached hydrogen (secondary N) is 2. The Balaban J connectivity index is 1.60. The zero-order valence-corrected chi connectivity index (χ0v) is 16.6. The van der Waals surface area contributed by atoms with Crippen molar-refractivity contribution in [1.29, 1.82) is 5.26 Å². The number of ether oxygens (including phenoxy) is 1. The molecule has 3 rings (SSSR count). The van der Waals surface area contributed by atoms with Gasteiger partial charge in [0.05, 0.1) is 27.2 Å². The lowest BCUT2D eigenvalue weighted by Crippen LogP contribution is -2.34. The van der Waals surface area contributed by atoms with Gasteiger partial charge in [-0.1, -0.05) is 23.2 Å². The molecule has 0 saturated heterocycles. The second-order valence-electron chi connectivity index (χ2n) is 5.92. The van der Waals surface area contributed by atoms with E-state index in [-0.39, 0.29) is 15.6 Å². The highest BCUT2D eigenvalue weighted by Gasteiger charge is 2.14. The maximum Gasteiger partial charge on any atom is 0.326 e. The van der Waals surface area contributed by atoms with E-state index >= 15 is 0 Å². The third-order valence-electron chi connectivity index (χ3n) is 3.80. The van der Waals surface area contributed by atoms with Crippen LogP contribution in [0.15, 0.2) is 60.7 Å². The van der Waals surface area contributed by atoms with E-state index in [1.54, 1.807) is 36.4 Å². The highest BCUT2D eigenvalue weighted by Crippen LogP contribution is 2.30. The number of hydrogen-bond acceptors (Lipinski definition) is 4. The molecule has 0 fully saturated rings. The van der Waals surface area contributed by atoms with E-state index < -0.39 is 17.8 Å². The second-order valence-corrected chi connectivity index (χ2v) is 6.73. The third kappa shape index (κ3) is 5.26. The van der Waals surface area contributed by atoms with Crippen molar-refractivity contribution in [1.82, 2.24) is 5.32 Å². The number of benzene rings is 3. The molecule has 0 saturated carbocycles. The van der Waals surface area contributed by atoms with Gasteiger partial charge in [-0.15, -0.1) is 0 Å². The Labute approximate surface area is 180 Å². The number of carbonyl (C=O) groups is 2. The van der Waals surface area contributed by atoms with Crippen molar-refractivity contribution in [2.45, 2.75) is 0 Å². The SMILES string of the molecule is N#Cc1ccc(Oc2ccc(NC(=O)NC(=O)c3ccc(F)cc3Cl)cc2)c(Cl)c1. The van der Waals surface area contributed by atoms with Gasteiger partial charge in [-0.2, -0.15) is 5.26 Å². The predicted octanol–water partition coefficient (Wildman–Crippen LogP) is 5.76. The summed E-state index contributed by atoms with van der Waals surface area (Å²) >= 11 is 11.9. The number of halogens is 3. The summed E-state index contributed by atoms with van der Waals surface area (Å²) in [7, 11) is 0. The fraction of sp³-hybridized carbons (Fsp3) is 0. The quantitative estimate of drug-likeness (QED) is 0.536. The number of rotatable bonds is 4. The lowest BCUT2D eigenvalue weighted by Gasteiger charge is -2.10. The Morgan fingerprint density at radius 2 is 1.70 bits per heavy atom. The Bertz CT molecular complexity index is 1160. The van der Waals surface area contributed by atoms with Crippen molar-refractivity contribution >= 4 is 40.8 Å². The molecule has 3 aromatic carbocycles. The number of hydrogen-bond donors (Lipinski definition) is 2. The summed E-state index contributed by atoms with van der Waals surface area (Å²) in [6.07, 6.45) is 0. The number of urea groups is 1. The fourth-order valence-corrected chi connectivity index (χ4v) is 2.87. The van der Waals surface area contributed by atoms with Crippen LogP contribution in [0.25, 0.3) is 0 Å². The van der Waals surface area contributed by atoms with E-state index in [4.69, 9.17) is 33.2 Å². The van der Waals surface area contributed by atoms with Gasteiger partial charge in [0.25, 0.3) is 5.91 Å². The van der Waals surface area contributed by atoms with Crippen LogP contribution in [0.3, 0.4) is 0 Å². The maximum absolute atomic E-state index is 13.1. The summed E-state index contributed by atoms with van der Waals surface area (Å²) in [6.45, 7) is 0. The standard InChI is InChI=1S/C21H12Cl2FN3O3/c22-17-10-13(24)2-7-16(17)20(28)27-21(29)26-14-3-5-15(6-4-14)30-19-8-1-12(11-25)9-18(19)23/h1-10H,(H2,26,27,28,29).